The summed E-state index contributed by atoms with van der Waals surface area (Å²) in [5.41, 5.74) is 0.502. The minimum atomic E-state index is -0.876. The summed E-state index contributed by atoms with van der Waals surface area (Å²) in [5, 5.41) is 9.00. The molecule has 0 saturated carbocycles. The van der Waals surface area contributed by atoms with E-state index in [9.17, 15) is 9.59 Å². The van der Waals surface area contributed by atoms with Gasteiger partial charge in [-0.25, -0.2) is 0 Å². The number of para-hydroxylation sites is 1. The molecule has 1 aliphatic heterocycles. The van der Waals surface area contributed by atoms with Crippen LogP contribution < -0.4 is 4.74 Å². The van der Waals surface area contributed by atoms with Crippen LogP contribution in [0.2, 0.25) is 0 Å². The summed E-state index contributed by atoms with van der Waals surface area (Å²) in [5.74, 6) is 1.02. The molecule has 1 amide bonds. The first-order chi connectivity index (χ1) is 10.1. The molecule has 0 bridgehead atoms. The van der Waals surface area contributed by atoms with E-state index in [1.807, 2.05) is 13.0 Å². The van der Waals surface area contributed by atoms with Gasteiger partial charge in [0.25, 0.3) is 5.91 Å². The topological polar surface area (TPSA) is 66.8 Å². The summed E-state index contributed by atoms with van der Waals surface area (Å²) in [6, 6.07) is 6.85. The maximum absolute atomic E-state index is 12.7. The first-order valence-electron chi connectivity index (χ1n) is 6.95. The maximum Gasteiger partial charge on any atom is 0.305 e. The van der Waals surface area contributed by atoms with Crippen molar-refractivity contribution in [3.8, 4) is 5.75 Å². The Morgan fingerprint density at radius 1 is 1.43 bits per heavy atom. The van der Waals surface area contributed by atoms with Crippen LogP contribution in [0.1, 0.15) is 23.7 Å². The Morgan fingerprint density at radius 2 is 2.19 bits per heavy atom. The number of thioether (sulfide) groups is 1. The SMILES string of the molecule is CCOc1ccccc1C(=O)N1CCSCC1CC(=O)O. The van der Waals surface area contributed by atoms with Gasteiger partial charge >= 0.3 is 5.97 Å². The van der Waals surface area contributed by atoms with Gasteiger partial charge in [-0.05, 0) is 19.1 Å². The fraction of sp³-hybridized carbons (Fsp3) is 0.467. The first-order valence-corrected chi connectivity index (χ1v) is 8.11. The van der Waals surface area contributed by atoms with Crippen molar-refractivity contribution >= 4 is 23.6 Å². The van der Waals surface area contributed by atoms with E-state index in [0.29, 0.717) is 30.2 Å². The third-order valence-corrected chi connectivity index (χ3v) is 4.41. The maximum atomic E-state index is 12.7. The molecule has 0 spiro atoms. The van der Waals surface area contributed by atoms with Crippen LogP contribution >= 0.6 is 11.8 Å². The Hall–Kier alpha value is -1.69. The minimum absolute atomic E-state index is 0.0183. The zero-order chi connectivity index (χ0) is 15.2. The predicted molar refractivity (Wildman–Crippen MR) is 82.0 cm³/mol. The second-order valence-corrected chi connectivity index (χ2v) is 5.90. The van der Waals surface area contributed by atoms with Gasteiger partial charge in [-0.3, -0.25) is 9.59 Å². The van der Waals surface area contributed by atoms with Gasteiger partial charge in [0.05, 0.1) is 24.6 Å². The number of benzene rings is 1. The monoisotopic (exact) mass is 309 g/mol. The number of carbonyl (C=O) groups is 2. The highest BCUT2D eigenvalue weighted by molar-refractivity contribution is 7.99. The van der Waals surface area contributed by atoms with Crippen LogP contribution in [-0.2, 0) is 4.79 Å². The Bertz CT molecular complexity index is 520. The fourth-order valence-electron chi connectivity index (χ4n) is 2.37. The van der Waals surface area contributed by atoms with Crippen molar-refractivity contribution < 1.29 is 19.4 Å². The Kier molecular flexibility index (Phi) is 5.50. The lowest BCUT2D eigenvalue weighted by molar-refractivity contribution is -0.138. The number of carboxylic acids is 1. The van der Waals surface area contributed by atoms with E-state index in [2.05, 4.69) is 0 Å². The molecule has 1 atom stereocenters. The first kappa shape index (κ1) is 15.7. The van der Waals surface area contributed by atoms with E-state index in [-0.39, 0.29) is 18.4 Å². The molecule has 6 heteroatoms. The molecular formula is C15H19NO4S. The summed E-state index contributed by atoms with van der Waals surface area (Å²) >= 11 is 1.69. The van der Waals surface area contributed by atoms with Gasteiger partial charge in [0.2, 0.25) is 0 Å². The molecule has 1 heterocycles. The molecule has 1 unspecified atom stereocenters. The van der Waals surface area contributed by atoms with Crippen LogP contribution in [0.4, 0.5) is 0 Å². The van der Waals surface area contributed by atoms with Crippen molar-refractivity contribution in [2.24, 2.45) is 0 Å². The van der Waals surface area contributed by atoms with E-state index in [1.165, 1.54) is 0 Å². The number of hydrogen-bond donors (Lipinski definition) is 1. The van der Waals surface area contributed by atoms with Crippen molar-refractivity contribution in [3.63, 3.8) is 0 Å². The highest BCUT2D eigenvalue weighted by atomic mass is 32.2. The van der Waals surface area contributed by atoms with Crippen LogP contribution in [-0.4, -0.2) is 52.6 Å². The van der Waals surface area contributed by atoms with Crippen molar-refractivity contribution in [2.45, 2.75) is 19.4 Å². The predicted octanol–water partition coefficient (Wildman–Crippen LogP) is 2.12. The largest absolute Gasteiger partial charge is 0.493 e. The smallest absolute Gasteiger partial charge is 0.305 e. The third-order valence-electron chi connectivity index (χ3n) is 3.32. The van der Waals surface area contributed by atoms with Crippen molar-refractivity contribution in [1.82, 2.24) is 4.90 Å². The summed E-state index contributed by atoms with van der Waals surface area (Å²) in [6.45, 7) is 2.92. The number of hydrogen-bond acceptors (Lipinski definition) is 4. The molecular weight excluding hydrogens is 290 g/mol. The molecule has 21 heavy (non-hydrogen) atoms. The van der Waals surface area contributed by atoms with E-state index in [0.717, 1.165) is 5.75 Å². The second kappa shape index (κ2) is 7.36. The lowest BCUT2D eigenvalue weighted by Gasteiger charge is -2.35. The van der Waals surface area contributed by atoms with Crippen LogP contribution in [0.25, 0.3) is 0 Å². The lowest BCUT2D eigenvalue weighted by atomic mass is 10.1. The van der Waals surface area contributed by atoms with Crippen molar-refractivity contribution in [2.75, 3.05) is 24.7 Å². The number of carbonyl (C=O) groups excluding carboxylic acids is 1. The Morgan fingerprint density at radius 3 is 2.90 bits per heavy atom. The molecule has 2 rings (SSSR count). The number of ether oxygens (including phenoxy) is 1. The van der Waals surface area contributed by atoms with E-state index in [4.69, 9.17) is 9.84 Å². The molecule has 1 N–H and O–H groups in total. The molecule has 114 valence electrons. The van der Waals surface area contributed by atoms with Gasteiger partial charge in [0, 0.05) is 18.1 Å². The van der Waals surface area contributed by atoms with Crippen LogP contribution in [0.15, 0.2) is 24.3 Å². The quantitative estimate of drug-likeness (QED) is 0.902. The second-order valence-electron chi connectivity index (χ2n) is 4.75. The van der Waals surface area contributed by atoms with Gasteiger partial charge < -0.3 is 14.7 Å². The zero-order valence-electron chi connectivity index (χ0n) is 11.9. The molecule has 1 aromatic rings. The van der Waals surface area contributed by atoms with E-state index in [1.54, 1.807) is 34.9 Å². The summed E-state index contributed by atoms with van der Waals surface area (Å²) in [7, 11) is 0. The van der Waals surface area contributed by atoms with Crippen molar-refractivity contribution in [3.05, 3.63) is 29.8 Å². The van der Waals surface area contributed by atoms with Gasteiger partial charge in [0.15, 0.2) is 0 Å². The van der Waals surface area contributed by atoms with Crippen LogP contribution in [0.5, 0.6) is 5.75 Å². The highest BCUT2D eigenvalue weighted by Crippen LogP contribution is 2.25. The number of rotatable bonds is 5. The Labute approximate surface area is 128 Å². The van der Waals surface area contributed by atoms with E-state index < -0.39 is 5.97 Å². The third kappa shape index (κ3) is 3.91. The number of aliphatic carboxylic acids is 1. The number of nitrogens with zero attached hydrogens (tertiary/aromatic N) is 1. The molecule has 0 aromatic heterocycles. The fourth-order valence-corrected chi connectivity index (χ4v) is 3.43. The molecule has 0 radical (unpaired) electrons. The minimum Gasteiger partial charge on any atom is -0.493 e. The van der Waals surface area contributed by atoms with Gasteiger partial charge in [0.1, 0.15) is 5.75 Å². The number of carboxylic acid groups (broad SMARTS) is 1. The molecule has 1 aromatic carbocycles. The van der Waals surface area contributed by atoms with E-state index >= 15 is 0 Å². The van der Waals surface area contributed by atoms with Gasteiger partial charge in [-0.1, -0.05) is 12.1 Å². The average molecular weight is 309 g/mol. The molecule has 1 aliphatic rings. The van der Waals surface area contributed by atoms with Gasteiger partial charge in [-0.2, -0.15) is 11.8 Å². The van der Waals surface area contributed by atoms with Crippen LogP contribution in [0.3, 0.4) is 0 Å². The average Bonchev–Trinajstić information content (AvgIpc) is 2.47. The van der Waals surface area contributed by atoms with Crippen molar-refractivity contribution in [1.29, 1.82) is 0 Å². The van der Waals surface area contributed by atoms with Gasteiger partial charge in [-0.15, -0.1) is 0 Å². The lowest BCUT2D eigenvalue weighted by Crippen LogP contribution is -2.47. The standard InChI is InChI=1S/C15H19NO4S/c1-2-20-13-6-4-3-5-12(13)15(19)16-7-8-21-10-11(16)9-14(17)18/h3-6,11H,2,7-10H2,1H3,(H,17,18). The summed E-state index contributed by atoms with van der Waals surface area (Å²) in [6.07, 6.45) is -0.0183. The molecule has 1 fully saturated rings. The summed E-state index contributed by atoms with van der Waals surface area (Å²) < 4.78 is 5.50. The summed E-state index contributed by atoms with van der Waals surface area (Å²) in [4.78, 5) is 25.4. The molecule has 0 aliphatic carbocycles. The highest BCUT2D eigenvalue weighted by Gasteiger charge is 2.30. The zero-order valence-corrected chi connectivity index (χ0v) is 12.8. The van der Waals surface area contributed by atoms with Crippen LogP contribution in [0, 0.1) is 0 Å². The number of amides is 1. The Balaban J connectivity index is 2.22. The molecule has 1 saturated heterocycles. The molecule has 5 nitrogen and oxygen atoms in total. The normalized spacial score (nSPS) is 18.3.